The van der Waals surface area contributed by atoms with Crippen LogP contribution < -0.4 is 9.64 Å². The highest BCUT2D eigenvalue weighted by molar-refractivity contribution is 5.98. The highest BCUT2D eigenvalue weighted by Crippen LogP contribution is 2.28. The largest absolute Gasteiger partial charge is 0.484 e. The first-order valence-electron chi connectivity index (χ1n) is 9.18. The van der Waals surface area contributed by atoms with Gasteiger partial charge in [0.1, 0.15) is 23.3 Å². The number of benzene rings is 1. The van der Waals surface area contributed by atoms with E-state index in [-0.39, 0.29) is 30.1 Å². The maximum absolute atomic E-state index is 12.9. The predicted octanol–water partition coefficient (Wildman–Crippen LogP) is 2.80. The highest BCUT2D eigenvalue weighted by Gasteiger charge is 2.31. The third-order valence-corrected chi connectivity index (χ3v) is 4.63. The van der Waals surface area contributed by atoms with Crippen molar-refractivity contribution in [2.24, 2.45) is 0 Å². The number of hydrogen-bond acceptors (Lipinski definition) is 8. The van der Waals surface area contributed by atoms with Crippen LogP contribution in [0.25, 0.3) is 0 Å². The van der Waals surface area contributed by atoms with Crippen LogP contribution in [-0.2, 0) is 0 Å². The second-order valence-corrected chi connectivity index (χ2v) is 6.75. The molecule has 0 saturated carbocycles. The molecule has 1 aromatic heterocycles. The van der Waals surface area contributed by atoms with Crippen LogP contribution in [0.2, 0.25) is 0 Å². The number of halogens is 3. The Bertz CT molecular complexity index is 1020. The molecule has 1 amide bonds. The monoisotopic (exact) mass is 455 g/mol. The smallest absolute Gasteiger partial charge is 0.422 e. The molecule has 1 saturated heterocycles. The lowest BCUT2D eigenvalue weighted by Crippen LogP contribution is -2.49. The van der Waals surface area contributed by atoms with Crippen molar-refractivity contribution < 1.29 is 32.5 Å². The van der Waals surface area contributed by atoms with Crippen molar-refractivity contribution >= 4 is 23.1 Å². The molecule has 32 heavy (non-hydrogen) atoms. The predicted molar refractivity (Wildman–Crippen MR) is 104 cm³/mol. The van der Waals surface area contributed by atoms with Crippen molar-refractivity contribution in [3.05, 3.63) is 62.3 Å². The molecule has 0 spiro atoms. The van der Waals surface area contributed by atoms with Gasteiger partial charge < -0.3 is 14.5 Å². The van der Waals surface area contributed by atoms with Gasteiger partial charge in [0.2, 0.25) is 0 Å². The standard InChI is InChI=1S/C18H16F3N5O6/c19-18(20,21)11-32-13-2-3-15(26(30)31)14(9-13)17(27)24-7-5-23(6-8-24)16-4-1-12(10-22-16)25(28)29/h1-4,9-10H,5-8,11H2. The molecule has 0 N–H and O–H groups in total. The molecule has 0 bridgehead atoms. The zero-order valence-corrected chi connectivity index (χ0v) is 16.3. The third-order valence-electron chi connectivity index (χ3n) is 4.63. The van der Waals surface area contributed by atoms with Crippen molar-refractivity contribution in [1.82, 2.24) is 9.88 Å². The van der Waals surface area contributed by atoms with Gasteiger partial charge in [-0.15, -0.1) is 0 Å². The molecule has 14 heteroatoms. The quantitative estimate of drug-likeness (QED) is 0.480. The first kappa shape index (κ1) is 22.7. The SMILES string of the molecule is O=C(c1cc(OCC(F)(F)F)ccc1[N+](=O)[O-])N1CCN(c2ccc([N+](=O)[O-])cn2)CC1. The summed E-state index contributed by atoms with van der Waals surface area (Å²) in [6.45, 7) is -0.687. The molecule has 1 aromatic carbocycles. The number of anilines is 1. The molecule has 2 aromatic rings. The molecular weight excluding hydrogens is 439 g/mol. The van der Waals surface area contributed by atoms with Crippen LogP contribution in [0.5, 0.6) is 5.75 Å². The van der Waals surface area contributed by atoms with Crippen molar-refractivity contribution in [3.8, 4) is 5.75 Å². The van der Waals surface area contributed by atoms with E-state index in [4.69, 9.17) is 0 Å². The van der Waals surface area contributed by atoms with Crippen LogP contribution in [-0.4, -0.2) is 64.6 Å². The van der Waals surface area contributed by atoms with Crippen LogP contribution in [0, 0.1) is 20.2 Å². The van der Waals surface area contributed by atoms with Crippen molar-refractivity contribution in [2.45, 2.75) is 6.18 Å². The molecule has 170 valence electrons. The van der Waals surface area contributed by atoms with Gasteiger partial charge in [-0.1, -0.05) is 0 Å². The lowest BCUT2D eigenvalue weighted by molar-refractivity contribution is -0.385. The van der Waals surface area contributed by atoms with Crippen LogP contribution in [0.1, 0.15) is 10.4 Å². The molecule has 0 radical (unpaired) electrons. The summed E-state index contributed by atoms with van der Waals surface area (Å²) < 4.78 is 41.8. The number of carbonyl (C=O) groups excluding carboxylic acids is 1. The maximum atomic E-state index is 12.9. The summed E-state index contributed by atoms with van der Waals surface area (Å²) >= 11 is 0. The topological polar surface area (TPSA) is 132 Å². The van der Waals surface area contributed by atoms with Crippen LogP contribution in [0.4, 0.5) is 30.4 Å². The minimum Gasteiger partial charge on any atom is -0.484 e. The van der Waals surface area contributed by atoms with Gasteiger partial charge in [0.25, 0.3) is 17.3 Å². The summed E-state index contributed by atoms with van der Waals surface area (Å²) in [6.07, 6.45) is -3.49. The summed E-state index contributed by atoms with van der Waals surface area (Å²) in [4.78, 5) is 40.7. The van der Waals surface area contributed by atoms with Gasteiger partial charge in [0, 0.05) is 38.3 Å². The summed E-state index contributed by atoms with van der Waals surface area (Å²) in [5.74, 6) is -0.563. The van der Waals surface area contributed by atoms with Gasteiger partial charge in [-0.25, -0.2) is 4.98 Å². The second-order valence-electron chi connectivity index (χ2n) is 6.75. The van der Waals surface area contributed by atoms with E-state index in [0.717, 1.165) is 24.4 Å². The van der Waals surface area contributed by atoms with E-state index >= 15 is 0 Å². The molecular formula is C18H16F3N5O6. The fourth-order valence-electron chi connectivity index (χ4n) is 3.08. The number of hydrogen-bond donors (Lipinski definition) is 0. The Morgan fingerprint density at radius 3 is 2.28 bits per heavy atom. The molecule has 1 aliphatic rings. The Kier molecular flexibility index (Phi) is 6.41. The fourth-order valence-corrected chi connectivity index (χ4v) is 3.08. The maximum Gasteiger partial charge on any atom is 0.422 e. The van der Waals surface area contributed by atoms with E-state index in [0.29, 0.717) is 18.9 Å². The number of nitrogens with zero attached hydrogens (tertiary/aromatic N) is 5. The average molecular weight is 455 g/mol. The van der Waals surface area contributed by atoms with E-state index in [1.807, 2.05) is 0 Å². The molecule has 1 fully saturated rings. The van der Waals surface area contributed by atoms with E-state index in [2.05, 4.69) is 9.72 Å². The molecule has 11 nitrogen and oxygen atoms in total. The minimum absolute atomic E-state index is 0.155. The van der Waals surface area contributed by atoms with E-state index in [1.54, 1.807) is 4.90 Å². The number of nitro benzene ring substituents is 1. The summed E-state index contributed by atoms with van der Waals surface area (Å²) in [5.41, 5.74) is -1.09. The first-order valence-corrected chi connectivity index (χ1v) is 9.18. The fraction of sp³-hybridized carbons (Fsp3) is 0.333. The zero-order valence-electron chi connectivity index (χ0n) is 16.3. The van der Waals surface area contributed by atoms with Crippen LogP contribution in [0.3, 0.4) is 0 Å². The van der Waals surface area contributed by atoms with Gasteiger partial charge in [0.05, 0.1) is 9.85 Å². The number of aromatic nitrogens is 1. The van der Waals surface area contributed by atoms with Crippen molar-refractivity contribution in [3.63, 3.8) is 0 Å². The van der Waals surface area contributed by atoms with Crippen LogP contribution in [0.15, 0.2) is 36.5 Å². The number of carbonyl (C=O) groups is 1. The Balaban J connectivity index is 1.72. The second kappa shape index (κ2) is 9.03. The lowest BCUT2D eigenvalue weighted by atomic mass is 10.1. The van der Waals surface area contributed by atoms with Crippen molar-refractivity contribution in [2.75, 3.05) is 37.7 Å². The molecule has 3 rings (SSSR count). The van der Waals surface area contributed by atoms with E-state index < -0.39 is 34.2 Å². The minimum atomic E-state index is -4.60. The molecule has 2 heterocycles. The Morgan fingerprint density at radius 2 is 1.75 bits per heavy atom. The molecule has 0 atom stereocenters. The number of rotatable bonds is 6. The normalized spacial score (nSPS) is 14.2. The average Bonchev–Trinajstić information content (AvgIpc) is 2.76. The van der Waals surface area contributed by atoms with E-state index in [1.165, 1.54) is 17.0 Å². The number of pyridine rings is 1. The van der Waals surface area contributed by atoms with Gasteiger partial charge in [-0.3, -0.25) is 25.0 Å². The Labute approximate surface area is 178 Å². The molecule has 0 unspecified atom stereocenters. The third kappa shape index (κ3) is 5.39. The van der Waals surface area contributed by atoms with E-state index in [9.17, 15) is 38.2 Å². The number of piperazine rings is 1. The van der Waals surface area contributed by atoms with Gasteiger partial charge in [-0.05, 0) is 18.2 Å². The lowest BCUT2D eigenvalue weighted by Gasteiger charge is -2.35. The van der Waals surface area contributed by atoms with Gasteiger partial charge in [-0.2, -0.15) is 13.2 Å². The number of alkyl halides is 3. The summed E-state index contributed by atoms with van der Waals surface area (Å²) in [7, 11) is 0. The van der Waals surface area contributed by atoms with Gasteiger partial charge in [0.15, 0.2) is 6.61 Å². The molecule has 1 aliphatic heterocycles. The number of nitro groups is 2. The Morgan fingerprint density at radius 1 is 1.06 bits per heavy atom. The van der Waals surface area contributed by atoms with Gasteiger partial charge >= 0.3 is 6.18 Å². The Hall–Kier alpha value is -3.97. The highest BCUT2D eigenvalue weighted by atomic mass is 19.4. The summed E-state index contributed by atoms with van der Waals surface area (Å²) in [6, 6.07) is 5.63. The summed E-state index contributed by atoms with van der Waals surface area (Å²) in [5, 5.41) is 22.0. The number of amides is 1. The first-order chi connectivity index (χ1) is 15.0. The van der Waals surface area contributed by atoms with Crippen molar-refractivity contribution in [1.29, 1.82) is 0 Å². The van der Waals surface area contributed by atoms with Crippen LogP contribution >= 0.6 is 0 Å². The zero-order chi connectivity index (χ0) is 23.5. The molecule has 0 aliphatic carbocycles. The number of ether oxygens (including phenoxy) is 1.